The first-order chi connectivity index (χ1) is 8.11. The first-order valence-electron chi connectivity index (χ1n) is 4.99. The number of rotatable bonds is 3. The van der Waals surface area contributed by atoms with Gasteiger partial charge >= 0.3 is 0 Å². The van der Waals surface area contributed by atoms with Gasteiger partial charge in [0.1, 0.15) is 5.76 Å². The van der Waals surface area contributed by atoms with Crippen LogP contribution >= 0.6 is 11.6 Å². The summed E-state index contributed by atoms with van der Waals surface area (Å²) >= 11 is 5.68. The van der Waals surface area contributed by atoms with Gasteiger partial charge < -0.3 is 9.73 Å². The third kappa shape index (κ3) is 2.48. The molecule has 0 spiro atoms. The topological polar surface area (TPSA) is 25.2 Å². The van der Waals surface area contributed by atoms with Gasteiger partial charge in [0, 0.05) is 0 Å². The van der Waals surface area contributed by atoms with Gasteiger partial charge in [0.2, 0.25) is 0 Å². The van der Waals surface area contributed by atoms with Crippen LogP contribution in [0.4, 0.5) is 8.78 Å². The minimum absolute atomic E-state index is 0.253. The molecule has 2 aromatic rings. The normalized spacial score (nSPS) is 12.7. The molecule has 0 saturated heterocycles. The fourth-order valence-electron chi connectivity index (χ4n) is 1.65. The van der Waals surface area contributed by atoms with Crippen LogP contribution in [0.2, 0.25) is 5.22 Å². The average Bonchev–Trinajstić information content (AvgIpc) is 2.71. The number of nitrogens with one attached hydrogen (secondary N) is 1. The van der Waals surface area contributed by atoms with E-state index in [1.54, 1.807) is 19.2 Å². The zero-order valence-corrected chi connectivity index (χ0v) is 9.76. The Morgan fingerprint density at radius 1 is 1.18 bits per heavy atom. The summed E-state index contributed by atoms with van der Waals surface area (Å²) in [5.41, 5.74) is 0.567. The first kappa shape index (κ1) is 12.1. The van der Waals surface area contributed by atoms with Crippen LogP contribution in [-0.4, -0.2) is 7.05 Å². The van der Waals surface area contributed by atoms with Crippen LogP contribution in [0.15, 0.2) is 34.7 Å². The van der Waals surface area contributed by atoms with E-state index >= 15 is 0 Å². The van der Waals surface area contributed by atoms with Crippen molar-refractivity contribution in [2.45, 2.75) is 6.04 Å². The Hall–Kier alpha value is -1.39. The summed E-state index contributed by atoms with van der Waals surface area (Å²) in [4.78, 5) is 0. The molecule has 1 heterocycles. The van der Waals surface area contributed by atoms with Crippen molar-refractivity contribution in [2.75, 3.05) is 7.05 Å². The van der Waals surface area contributed by atoms with Crippen molar-refractivity contribution in [3.63, 3.8) is 0 Å². The average molecular weight is 258 g/mol. The van der Waals surface area contributed by atoms with E-state index in [4.69, 9.17) is 16.0 Å². The highest BCUT2D eigenvalue weighted by Gasteiger charge is 2.17. The number of furan rings is 1. The van der Waals surface area contributed by atoms with E-state index in [1.807, 2.05) is 0 Å². The summed E-state index contributed by atoms with van der Waals surface area (Å²) in [5.74, 6) is -1.22. The lowest BCUT2D eigenvalue weighted by Crippen LogP contribution is -2.17. The van der Waals surface area contributed by atoms with Gasteiger partial charge in [0.15, 0.2) is 16.9 Å². The summed E-state index contributed by atoms with van der Waals surface area (Å²) in [6, 6.07) is 6.63. The van der Waals surface area contributed by atoms with Gasteiger partial charge in [-0.3, -0.25) is 0 Å². The van der Waals surface area contributed by atoms with E-state index < -0.39 is 11.6 Å². The highest BCUT2D eigenvalue weighted by Crippen LogP contribution is 2.26. The molecular weight excluding hydrogens is 248 g/mol. The van der Waals surface area contributed by atoms with Gasteiger partial charge in [-0.15, -0.1) is 0 Å². The summed E-state index contributed by atoms with van der Waals surface area (Å²) in [6.07, 6.45) is 0. The van der Waals surface area contributed by atoms with E-state index in [0.29, 0.717) is 11.3 Å². The van der Waals surface area contributed by atoms with Crippen LogP contribution in [0.25, 0.3) is 0 Å². The maximum atomic E-state index is 13.1. The highest BCUT2D eigenvalue weighted by molar-refractivity contribution is 6.28. The van der Waals surface area contributed by atoms with Crippen molar-refractivity contribution in [1.82, 2.24) is 5.32 Å². The number of hydrogen-bond donors (Lipinski definition) is 1. The molecule has 1 aromatic heterocycles. The Bertz CT molecular complexity index is 527. The van der Waals surface area contributed by atoms with Crippen LogP contribution < -0.4 is 5.32 Å². The van der Waals surface area contributed by atoms with Crippen molar-refractivity contribution in [3.05, 3.63) is 58.5 Å². The standard InChI is InChI=1S/C12H10ClF2NO/c1-16-12(10-4-5-11(13)17-10)7-2-3-8(14)9(15)6-7/h2-6,12,16H,1H3. The molecule has 0 fully saturated rings. The molecule has 0 radical (unpaired) electrons. The first-order valence-corrected chi connectivity index (χ1v) is 5.37. The van der Waals surface area contributed by atoms with Gasteiger partial charge in [-0.2, -0.15) is 0 Å². The molecule has 1 atom stereocenters. The Kier molecular flexibility index (Phi) is 3.45. The van der Waals surface area contributed by atoms with Crippen molar-refractivity contribution in [2.24, 2.45) is 0 Å². The smallest absolute Gasteiger partial charge is 0.193 e. The SMILES string of the molecule is CNC(c1ccc(F)c(F)c1)c1ccc(Cl)o1. The van der Waals surface area contributed by atoms with Crippen LogP contribution in [-0.2, 0) is 0 Å². The van der Waals surface area contributed by atoms with E-state index in [9.17, 15) is 8.78 Å². The Labute approximate surface area is 102 Å². The van der Waals surface area contributed by atoms with Crippen LogP contribution in [0.5, 0.6) is 0 Å². The maximum absolute atomic E-state index is 13.1. The van der Waals surface area contributed by atoms with Crippen molar-refractivity contribution < 1.29 is 13.2 Å². The fourth-order valence-corrected chi connectivity index (χ4v) is 1.80. The Balaban J connectivity index is 2.38. The molecule has 0 aliphatic rings. The summed E-state index contributed by atoms with van der Waals surface area (Å²) in [5, 5.41) is 3.21. The molecule has 1 unspecified atom stereocenters. The van der Waals surface area contributed by atoms with Gasteiger partial charge in [-0.25, -0.2) is 8.78 Å². The molecular formula is C12H10ClF2NO. The molecule has 2 rings (SSSR count). The lowest BCUT2D eigenvalue weighted by Gasteiger charge is -2.14. The molecule has 0 aliphatic heterocycles. The number of benzene rings is 1. The lowest BCUT2D eigenvalue weighted by atomic mass is 10.0. The molecule has 0 amide bonds. The Morgan fingerprint density at radius 2 is 1.94 bits per heavy atom. The second-order valence-corrected chi connectivity index (χ2v) is 3.91. The molecule has 0 aliphatic carbocycles. The van der Waals surface area contributed by atoms with Crippen LogP contribution in [0, 0.1) is 11.6 Å². The van der Waals surface area contributed by atoms with Gasteiger partial charge in [-0.1, -0.05) is 6.07 Å². The lowest BCUT2D eigenvalue weighted by molar-refractivity contribution is 0.460. The highest BCUT2D eigenvalue weighted by atomic mass is 35.5. The summed E-state index contributed by atoms with van der Waals surface area (Å²) in [6.45, 7) is 0. The summed E-state index contributed by atoms with van der Waals surface area (Å²) in [7, 11) is 1.70. The van der Waals surface area contributed by atoms with Gasteiger partial charge in [0.05, 0.1) is 6.04 Å². The third-order valence-electron chi connectivity index (χ3n) is 2.44. The molecule has 1 N–H and O–H groups in total. The van der Waals surface area contributed by atoms with Crippen LogP contribution in [0.3, 0.4) is 0 Å². The molecule has 1 aromatic carbocycles. The van der Waals surface area contributed by atoms with Gasteiger partial charge in [0.25, 0.3) is 0 Å². The predicted octanol–water partition coefficient (Wildman–Crippen LogP) is 3.52. The van der Waals surface area contributed by atoms with E-state index in [0.717, 1.165) is 12.1 Å². The molecule has 90 valence electrons. The maximum Gasteiger partial charge on any atom is 0.193 e. The van der Waals surface area contributed by atoms with Crippen molar-refractivity contribution in [3.8, 4) is 0 Å². The largest absolute Gasteiger partial charge is 0.448 e. The van der Waals surface area contributed by atoms with E-state index in [1.165, 1.54) is 6.07 Å². The predicted molar refractivity (Wildman–Crippen MR) is 61.0 cm³/mol. The third-order valence-corrected chi connectivity index (χ3v) is 2.65. The molecule has 5 heteroatoms. The molecule has 17 heavy (non-hydrogen) atoms. The number of hydrogen-bond acceptors (Lipinski definition) is 2. The number of halogens is 3. The van der Waals surface area contributed by atoms with Crippen molar-refractivity contribution >= 4 is 11.6 Å². The minimum Gasteiger partial charge on any atom is -0.448 e. The van der Waals surface area contributed by atoms with Crippen LogP contribution in [0.1, 0.15) is 17.4 Å². The molecule has 2 nitrogen and oxygen atoms in total. The second-order valence-electron chi connectivity index (χ2n) is 3.54. The monoisotopic (exact) mass is 257 g/mol. The fraction of sp³-hybridized carbons (Fsp3) is 0.167. The zero-order valence-electron chi connectivity index (χ0n) is 9.01. The molecule has 0 saturated carbocycles. The quantitative estimate of drug-likeness (QED) is 0.910. The minimum atomic E-state index is -0.889. The van der Waals surface area contributed by atoms with Crippen molar-refractivity contribution in [1.29, 1.82) is 0 Å². The van der Waals surface area contributed by atoms with E-state index in [-0.39, 0.29) is 11.3 Å². The Morgan fingerprint density at radius 3 is 2.47 bits per heavy atom. The second kappa shape index (κ2) is 4.85. The van der Waals surface area contributed by atoms with E-state index in [2.05, 4.69) is 5.32 Å². The zero-order chi connectivity index (χ0) is 12.4. The summed E-state index contributed by atoms with van der Waals surface area (Å²) < 4.78 is 31.2. The molecule has 0 bridgehead atoms. The van der Waals surface area contributed by atoms with Gasteiger partial charge in [-0.05, 0) is 48.5 Å².